The summed E-state index contributed by atoms with van der Waals surface area (Å²) in [5.41, 5.74) is 0. The van der Waals surface area contributed by atoms with Crippen molar-refractivity contribution in [3.05, 3.63) is 0 Å². The zero-order valence-electron chi connectivity index (χ0n) is 6.96. The summed E-state index contributed by atoms with van der Waals surface area (Å²) < 4.78 is 30.1. The van der Waals surface area contributed by atoms with Gasteiger partial charge in [-0.15, -0.1) is 0 Å². The second-order valence-corrected chi connectivity index (χ2v) is 3.60. The SMILES string of the molecule is CNCCCCS(=O)(=O)[O-].[K+]. The van der Waals surface area contributed by atoms with Gasteiger partial charge in [0.1, 0.15) is 0 Å². The van der Waals surface area contributed by atoms with Gasteiger partial charge in [0, 0.05) is 5.75 Å². The Morgan fingerprint density at radius 3 is 2.27 bits per heavy atom. The minimum Gasteiger partial charge on any atom is -0.748 e. The molecule has 0 saturated heterocycles. The summed E-state index contributed by atoms with van der Waals surface area (Å²) in [5.74, 6) is -0.241. The Morgan fingerprint density at radius 1 is 1.36 bits per heavy atom. The van der Waals surface area contributed by atoms with E-state index in [1.165, 1.54) is 0 Å². The van der Waals surface area contributed by atoms with Crippen LogP contribution in [0.2, 0.25) is 0 Å². The van der Waals surface area contributed by atoms with E-state index in [9.17, 15) is 13.0 Å². The van der Waals surface area contributed by atoms with Crippen LogP contribution in [0.3, 0.4) is 0 Å². The van der Waals surface area contributed by atoms with Crippen LogP contribution in [0, 0.1) is 0 Å². The average Bonchev–Trinajstić information content (AvgIpc) is 1.78. The van der Waals surface area contributed by atoms with E-state index in [0.29, 0.717) is 6.42 Å². The first-order valence-electron chi connectivity index (χ1n) is 3.14. The van der Waals surface area contributed by atoms with E-state index >= 15 is 0 Å². The molecule has 0 rings (SSSR count). The normalized spacial score (nSPS) is 10.7. The molecule has 0 aromatic carbocycles. The molecule has 0 bridgehead atoms. The van der Waals surface area contributed by atoms with Gasteiger partial charge in [0.25, 0.3) is 0 Å². The predicted molar refractivity (Wildman–Crippen MR) is 37.7 cm³/mol. The number of nitrogens with one attached hydrogen (secondary N) is 1. The smallest absolute Gasteiger partial charge is 0.748 e. The van der Waals surface area contributed by atoms with Crippen molar-refractivity contribution in [2.75, 3.05) is 19.3 Å². The van der Waals surface area contributed by atoms with Gasteiger partial charge < -0.3 is 9.87 Å². The molecule has 0 aromatic heterocycles. The molecule has 0 heterocycles. The third-order valence-electron chi connectivity index (χ3n) is 1.07. The van der Waals surface area contributed by atoms with E-state index in [4.69, 9.17) is 0 Å². The topological polar surface area (TPSA) is 69.2 Å². The molecule has 0 atom stereocenters. The van der Waals surface area contributed by atoms with Crippen molar-refractivity contribution < 1.29 is 64.4 Å². The quantitative estimate of drug-likeness (QED) is 0.288. The molecule has 4 nitrogen and oxygen atoms in total. The molecule has 0 aliphatic carbocycles. The molecule has 0 radical (unpaired) electrons. The third-order valence-corrected chi connectivity index (χ3v) is 1.86. The largest absolute Gasteiger partial charge is 1.00 e. The molecule has 0 unspecified atom stereocenters. The van der Waals surface area contributed by atoms with Crippen LogP contribution in [-0.4, -0.2) is 32.3 Å². The summed E-state index contributed by atoms with van der Waals surface area (Å²) in [6.07, 6.45) is 1.19. The Morgan fingerprint density at radius 2 is 1.91 bits per heavy atom. The molecule has 0 spiro atoms. The summed E-state index contributed by atoms with van der Waals surface area (Å²) >= 11 is 0. The average molecular weight is 205 g/mol. The summed E-state index contributed by atoms with van der Waals surface area (Å²) in [5, 5.41) is 2.86. The van der Waals surface area contributed by atoms with Gasteiger partial charge in [-0.25, -0.2) is 8.42 Å². The molecule has 0 saturated carbocycles. The van der Waals surface area contributed by atoms with Crippen LogP contribution in [0.25, 0.3) is 0 Å². The molecule has 1 N–H and O–H groups in total. The molecule has 62 valence electrons. The van der Waals surface area contributed by atoms with Crippen molar-refractivity contribution in [3.63, 3.8) is 0 Å². The van der Waals surface area contributed by atoms with E-state index < -0.39 is 10.1 Å². The van der Waals surface area contributed by atoms with Crippen LogP contribution in [0.5, 0.6) is 0 Å². The van der Waals surface area contributed by atoms with Crippen molar-refractivity contribution in [2.45, 2.75) is 12.8 Å². The summed E-state index contributed by atoms with van der Waals surface area (Å²) in [7, 11) is -2.20. The Kier molecular flexibility index (Phi) is 11.1. The zero-order valence-corrected chi connectivity index (χ0v) is 10.9. The van der Waals surface area contributed by atoms with Gasteiger partial charge in [0.05, 0.1) is 10.1 Å². The summed E-state index contributed by atoms with van der Waals surface area (Å²) in [4.78, 5) is 0. The first kappa shape index (κ1) is 15.0. The second kappa shape index (κ2) is 8.12. The number of hydrogen-bond acceptors (Lipinski definition) is 4. The fraction of sp³-hybridized carbons (Fsp3) is 1.00. The van der Waals surface area contributed by atoms with Crippen molar-refractivity contribution in [3.8, 4) is 0 Å². The molecule has 0 aliphatic heterocycles. The molecule has 6 heteroatoms. The molecule has 0 amide bonds. The van der Waals surface area contributed by atoms with Gasteiger partial charge in [-0.3, -0.25) is 0 Å². The second-order valence-electron chi connectivity index (χ2n) is 2.07. The van der Waals surface area contributed by atoms with Crippen LogP contribution in [0.4, 0.5) is 0 Å². The van der Waals surface area contributed by atoms with Gasteiger partial charge in [-0.1, -0.05) is 0 Å². The van der Waals surface area contributed by atoms with Crippen molar-refractivity contribution in [1.29, 1.82) is 0 Å². The number of unbranched alkanes of at least 4 members (excludes halogenated alkanes) is 1. The zero-order chi connectivity index (χ0) is 8.04. The third kappa shape index (κ3) is 14.4. The van der Waals surface area contributed by atoms with Crippen LogP contribution >= 0.6 is 0 Å². The molecule has 0 fully saturated rings. The van der Waals surface area contributed by atoms with Crippen molar-refractivity contribution in [1.82, 2.24) is 5.32 Å². The molecular weight excluding hydrogens is 193 g/mol. The maximum atomic E-state index is 10.0. The molecule has 0 aliphatic rings. The van der Waals surface area contributed by atoms with E-state index in [0.717, 1.165) is 13.0 Å². The number of hydrogen-bond donors (Lipinski definition) is 1. The number of rotatable bonds is 5. The first-order chi connectivity index (χ1) is 4.56. The Balaban J connectivity index is 0. The van der Waals surface area contributed by atoms with Gasteiger partial charge in [0.15, 0.2) is 0 Å². The standard InChI is InChI=1S/C5H13NO3S.K/c1-6-4-2-3-5-10(7,8)9;/h6H,2-5H2,1H3,(H,7,8,9);/q;+1/p-1. The Hall–Kier alpha value is 1.51. The summed E-state index contributed by atoms with van der Waals surface area (Å²) in [6.45, 7) is 0.759. The predicted octanol–water partition coefficient (Wildman–Crippen LogP) is -3.46. The van der Waals surface area contributed by atoms with Crippen LogP contribution < -0.4 is 56.7 Å². The fourth-order valence-electron chi connectivity index (χ4n) is 0.581. The molecule has 11 heavy (non-hydrogen) atoms. The van der Waals surface area contributed by atoms with E-state index in [2.05, 4.69) is 5.32 Å². The van der Waals surface area contributed by atoms with Crippen molar-refractivity contribution in [2.24, 2.45) is 0 Å². The Bertz CT molecular complexity index is 169. The van der Waals surface area contributed by atoms with Gasteiger partial charge in [0.2, 0.25) is 0 Å². The minimum absolute atomic E-state index is 0. The molecular formula is C5H12KNO3S. The first-order valence-corrected chi connectivity index (χ1v) is 4.72. The van der Waals surface area contributed by atoms with Gasteiger partial charge in [-0.2, -0.15) is 0 Å². The fourth-order valence-corrected chi connectivity index (χ4v) is 1.14. The maximum Gasteiger partial charge on any atom is 1.00 e. The van der Waals surface area contributed by atoms with E-state index in [1.54, 1.807) is 7.05 Å². The summed E-state index contributed by atoms with van der Waals surface area (Å²) in [6, 6.07) is 0. The van der Waals surface area contributed by atoms with Gasteiger partial charge >= 0.3 is 51.4 Å². The van der Waals surface area contributed by atoms with Crippen LogP contribution in [0.15, 0.2) is 0 Å². The Labute approximate surface area is 110 Å². The van der Waals surface area contributed by atoms with Crippen molar-refractivity contribution >= 4 is 10.1 Å². The van der Waals surface area contributed by atoms with Crippen LogP contribution in [0.1, 0.15) is 12.8 Å². The maximum absolute atomic E-state index is 10.0. The van der Waals surface area contributed by atoms with Crippen LogP contribution in [-0.2, 0) is 10.1 Å². The van der Waals surface area contributed by atoms with E-state index in [1.807, 2.05) is 0 Å². The minimum atomic E-state index is -3.98. The van der Waals surface area contributed by atoms with E-state index in [-0.39, 0.29) is 57.1 Å². The molecule has 0 aromatic rings. The monoisotopic (exact) mass is 205 g/mol. The van der Waals surface area contributed by atoms with Gasteiger partial charge in [-0.05, 0) is 26.4 Å².